The maximum atomic E-state index is 11.7. The van der Waals surface area contributed by atoms with E-state index in [-0.39, 0.29) is 14.5 Å². The van der Waals surface area contributed by atoms with Crippen molar-refractivity contribution in [3.05, 3.63) is 11.6 Å². The van der Waals surface area contributed by atoms with Crippen LogP contribution in [0.25, 0.3) is 0 Å². The first-order valence-electron chi connectivity index (χ1n) is 16.3. The van der Waals surface area contributed by atoms with E-state index in [0.29, 0.717) is 5.57 Å². The molecule has 0 bridgehead atoms. The van der Waals surface area contributed by atoms with Gasteiger partial charge in [-0.2, -0.15) is 0 Å². The molecule has 0 spiro atoms. The van der Waals surface area contributed by atoms with Gasteiger partial charge in [0.05, 0.1) is 38.8 Å². The Morgan fingerprint density at radius 1 is 0.675 bits per heavy atom. The average molecular weight is 627 g/mol. The van der Waals surface area contributed by atoms with Gasteiger partial charge in [0, 0.05) is 25.4 Å². The minimum absolute atomic E-state index is 0.126. The lowest BCUT2D eigenvalue weighted by atomic mass is 10.2. The Morgan fingerprint density at radius 3 is 1.27 bits per heavy atom. The van der Waals surface area contributed by atoms with Crippen molar-refractivity contribution in [3.8, 4) is 0 Å². The number of aliphatic carboxylic acids is 1. The third-order valence-corrected chi connectivity index (χ3v) is 36.5. The van der Waals surface area contributed by atoms with Gasteiger partial charge in [-0.1, -0.05) is 77.5 Å². The van der Waals surface area contributed by atoms with Crippen LogP contribution in [0.2, 0.25) is 65.0 Å². The second-order valence-electron chi connectivity index (χ2n) is 16.1. The summed E-state index contributed by atoms with van der Waals surface area (Å²) < 4.78 is 22.7. The third kappa shape index (κ3) is 5.63. The molecular weight excluding hydrogens is 565 g/mol. The first kappa shape index (κ1) is 34.4. The number of carboxylic acid groups (broad SMARTS) is 1. The van der Waals surface area contributed by atoms with E-state index in [0.717, 1.165) is 77.2 Å². The monoisotopic (exact) mass is 626 g/mol. The van der Waals surface area contributed by atoms with Crippen molar-refractivity contribution in [1.29, 1.82) is 0 Å². The van der Waals surface area contributed by atoms with Crippen molar-refractivity contribution >= 4 is 38.3 Å². The molecule has 0 aromatic rings. The van der Waals surface area contributed by atoms with Crippen LogP contribution in [0.1, 0.15) is 77.6 Å². The zero-order valence-corrected chi connectivity index (χ0v) is 31.8. The Morgan fingerprint density at radius 2 is 1.02 bits per heavy atom. The fourth-order valence-corrected chi connectivity index (χ4v) is 41.8. The van der Waals surface area contributed by atoms with Crippen LogP contribution in [0.5, 0.6) is 0 Å². The van der Waals surface area contributed by atoms with Crippen LogP contribution < -0.4 is 0 Å². The summed E-state index contributed by atoms with van der Waals surface area (Å²) >= 11 is 0. The van der Waals surface area contributed by atoms with E-state index in [1.54, 1.807) is 6.92 Å². The van der Waals surface area contributed by atoms with Gasteiger partial charge in [-0.05, 0) is 71.1 Å². The van der Waals surface area contributed by atoms with E-state index < -0.39 is 38.3 Å². The van der Waals surface area contributed by atoms with Crippen molar-refractivity contribution < 1.29 is 24.1 Å². The van der Waals surface area contributed by atoms with Gasteiger partial charge in [0.15, 0.2) is 8.07 Å². The van der Waals surface area contributed by atoms with Gasteiger partial charge in [-0.25, -0.2) is 4.79 Å². The Balaban J connectivity index is 2.48. The maximum absolute atomic E-state index is 11.7. The molecule has 3 saturated heterocycles. The van der Waals surface area contributed by atoms with Gasteiger partial charge in [-0.3, -0.25) is 0 Å². The van der Waals surface area contributed by atoms with Crippen LogP contribution in [0, 0.1) is 0 Å². The van der Waals surface area contributed by atoms with Gasteiger partial charge in [0.25, 0.3) is 0 Å². The van der Waals surface area contributed by atoms with E-state index in [2.05, 4.69) is 58.9 Å². The Labute approximate surface area is 250 Å². The molecule has 0 radical (unpaired) electrons. The highest BCUT2D eigenvalue weighted by molar-refractivity contribution is 7.15. The van der Waals surface area contributed by atoms with Crippen molar-refractivity contribution in [1.82, 2.24) is 0 Å². The summed E-state index contributed by atoms with van der Waals surface area (Å²) in [4.78, 5) is 11.3. The zero-order chi connectivity index (χ0) is 30.1. The lowest BCUT2D eigenvalue weighted by molar-refractivity contribution is -0.132. The Hall–Kier alpha value is -0.0425. The SMILES string of the molecule is CC(=CCCC[Si](C1([Si](C)(C)C)CCCCO1)(C1([Si](C)(C)C)CCCCO1)C1([Si](C)(C)C)CCCCO1)C(=O)O. The van der Waals surface area contributed by atoms with Gasteiger partial charge < -0.3 is 19.3 Å². The fourth-order valence-electron chi connectivity index (χ4n) is 9.45. The largest absolute Gasteiger partial charge is 0.478 e. The summed E-state index contributed by atoms with van der Waals surface area (Å²) in [5, 5.41) is 9.59. The maximum Gasteiger partial charge on any atom is 0.330 e. The molecule has 40 heavy (non-hydrogen) atoms. The van der Waals surface area contributed by atoms with Crippen LogP contribution in [0.3, 0.4) is 0 Å². The average Bonchev–Trinajstić information content (AvgIpc) is 2.88. The molecule has 0 amide bonds. The molecule has 3 aliphatic heterocycles. The first-order valence-corrected chi connectivity index (χ1v) is 29.0. The van der Waals surface area contributed by atoms with Gasteiger partial charge in [0.1, 0.15) is 0 Å². The number of rotatable bonds is 11. The normalized spacial score (nSPS) is 32.9. The molecule has 1 N–H and O–H groups in total. The van der Waals surface area contributed by atoms with E-state index in [4.69, 9.17) is 14.2 Å². The molecule has 3 rings (SSSR count). The number of ether oxygens (including phenoxy) is 3. The lowest BCUT2D eigenvalue weighted by Crippen LogP contribution is -2.95. The van der Waals surface area contributed by atoms with Crippen molar-refractivity contribution in [2.24, 2.45) is 0 Å². The summed E-state index contributed by atoms with van der Waals surface area (Å²) in [6, 6.07) is 1.12. The topological polar surface area (TPSA) is 65.0 Å². The predicted octanol–water partition coefficient (Wildman–Crippen LogP) is 8.31. The van der Waals surface area contributed by atoms with Crippen LogP contribution in [-0.4, -0.2) is 77.7 Å². The summed E-state index contributed by atoms with van der Waals surface area (Å²) in [7, 11) is -8.55. The van der Waals surface area contributed by atoms with Crippen molar-refractivity contribution in [2.45, 2.75) is 157 Å². The molecule has 5 nitrogen and oxygen atoms in total. The standard InChI is InChI=1S/C31H62O5Si4/c1-27(28(32)33)19-11-18-26-40(29(37(2,3)4)20-12-15-23-34-29,30(38(5,6)7)21-13-16-24-35-30)31(39(8,9)10)22-14-17-25-36-31/h19H,11-18,20-26H2,1-10H3,(H,32,33). The molecule has 0 saturated carbocycles. The van der Waals surface area contributed by atoms with Crippen LogP contribution >= 0.6 is 0 Å². The minimum Gasteiger partial charge on any atom is -0.478 e. The summed E-state index contributed by atoms with van der Waals surface area (Å²) in [5.74, 6) is -0.805. The minimum atomic E-state index is -2.71. The number of hydrogen-bond acceptors (Lipinski definition) is 4. The number of carboxylic acids is 1. The quantitative estimate of drug-likeness (QED) is 0.142. The van der Waals surface area contributed by atoms with Gasteiger partial charge >= 0.3 is 5.97 Å². The van der Waals surface area contributed by atoms with Crippen LogP contribution in [0.15, 0.2) is 11.6 Å². The second kappa shape index (κ2) is 12.5. The Kier molecular flexibility index (Phi) is 10.8. The first-order chi connectivity index (χ1) is 18.4. The van der Waals surface area contributed by atoms with E-state index >= 15 is 0 Å². The van der Waals surface area contributed by atoms with Crippen LogP contribution in [0.4, 0.5) is 0 Å². The highest BCUT2D eigenvalue weighted by Gasteiger charge is 2.81. The highest BCUT2D eigenvalue weighted by atomic mass is 28.4. The zero-order valence-electron chi connectivity index (χ0n) is 27.8. The smallest absolute Gasteiger partial charge is 0.330 e. The van der Waals surface area contributed by atoms with Gasteiger partial charge in [-0.15, -0.1) is 0 Å². The highest BCUT2D eigenvalue weighted by Crippen LogP contribution is 2.62. The molecule has 0 aromatic carbocycles. The number of carbonyl (C=O) groups is 1. The summed E-state index contributed by atoms with van der Waals surface area (Å²) in [6.07, 6.45) is 14.4. The van der Waals surface area contributed by atoms with Crippen LogP contribution in [-0.2, 0) is 19.0 Å². The molecule has 3 fully saturated rings. The molecule has 0 aliphatic carbocycles. The molecule has 0 aromatic heterocycles. The van der Waals surface area contributed by atoms with E-state index in [1.165, 1.54) is 19.3 Å². The molecule has 3 aliphatic rings. The second-order valence-corrected chi connectivity index (χ2v) is 38.3. The van der Waals surface area contributed by atoms with Crippen molar-refractivity contribution in [3.63, 3.8) is 0 Å². The summed E-state index contributed by atoms with van der Waals surface area (Å²) in [5.41, 5.74) is 0.462. The van der Waals surface area contributed by atoms with Crippen molar-refractivity contribution in [2.75, 3.05) is 19.8 Å². The number of allylic oxidation sites excluding steroid dienone is 1. The molecule has 3 atom stereocenters. The third-order valence-electron chi connectivity index (χ3n) is 11.1. The predicted molar refractivity (Wildman–Crippen MR) is 179 cm³/mol. The molecule has 3 heterocycles. The van der Waals surface area contributed by atoms with E-state index in [9.17, 15) is 9.90 Å². The molecule has 232 valence electrons. The summed E-state index contributed by atoms with van der Waals surface area (Å²) in [6.45, 7) is 27.7. The fraction of sp³-hybridized carbons (Fsp3) is 0.903. The number of hydrogen-bond donors (Lipinski definition) is 1. The Bertz CT molecular complexity index is 806. The molecular formula is C31H62O5Si4. The number of unbranched alkanes of at least 4 members (excludes halogenated alkanes) is 1. The molecule has 9 heteroatoms. The molecule has 3 unspecified atom stereocenters. The van der Waals surface area contributed by atoms with Gasteiger partial charge in [0.2, 0.25) is 0 Å². The van der Waals surface area contributed by atoms with E-state index in [1.807, 2.05) is 6.08 Å². The lowest BCUT2D eigenvalue weighted by Gasteiger charge is -2.74.